The van der Waals surface area contributed by atoms with Crippen LogP contribution in [0.2, 0.25) is 0 Å². The molecule has 0 saturated carbocycles. The molecule has 4 rings (SSSR count). The molecule has 0 spiro atoms. The minimum Gasteiger partial charge on any atom is -0.369 e. The predicted molar refractivity (Wildman–Crippen MR) is 93.9 cm³/mol. The lowest BCUT2D eigenvalue weighted by atomic mass is 10.1. The maximum absolute atomic E-state index is 12.8. The number of rotatable bonds is 2. The van der Waals surface area contributed by atoms with Crippen LogP contribution >= 0.6 is 15.9 Å². The minimum atomic E-state index is -4.34. The number of hydrogen-bond acceptors (Lipinski definition) is 2. The largest absolute Gasteiger partial charge is 0.416 e. The minimum absolute atomic E-state index is 0.594. The topological polar surface area (TPSA) is 29.9 Å². The highest BCUT2D eigenvalue weighted by molar-refractivity contribution is 9.10. The van der Waals surface area contributed by atoms with Crippen LogP contribution in [0.15, 0.2) is 53.0 Å². The molecular weight excluding hydrogens is 395 g/mol. The molecule has 1 N–H and O–H groups in total. The quantitative estimate of drug-likeness (QED) is 0.625. The fourth-order valence-corrected chi connectivity index (χ4v) is 3.50. The molecule has 25 heavy (non-hydrogen) atoms. The summed E-state index contributed by atoms with van der Waals surface area (Å²) in [5.41, 5.74) is 2.81. The highest BCUT2D eigenvalue weighted by Gasteiger charge is 2.30. The van der Waals surface area contributed by atoms with Gasteiger partial charge in [0.05, 0.1) is 16.9 Å². The van der Waals surface area contributed by atoms with E-state index in [4.69, 9.17) is 0 Å². The molecular formula is C18H13BrF3N3. The molecule has 2 heterocycles. The van der Waals surface area contributed by atoms with Crippen molar-refractivity contribution in [3.8, 4) is 16.9 Å². The van der Waals surface area contributed by atoms with Gasteiger partial charge in [-0.05, 0) is 36.8 Å². The number of hydrogen-bond donors (Lipinski definition) is 1. The van der Waals surface area contributed by atoms with Gasteiger partial charge in [-0.3, -0.25) is 0 Å². The first-order chi connectivity index (χ1) is 11.9. The lowest BCUT2D eigenvalue weighted by Gasteiger charge is -2.09. The van der Waals surface area contributed by atoms with Crippen LogP contribution in [-0.4, -0.2) is 16.3 Å². The van der Waals surface area contributed by atoms with E-state index in [9.17, 15) is 13.2 Å². The summed E-state index contributed by atoms with van der Waals surface area (Å²) in [6, 6.07) is 12.8. The van der Waals surface area contributed by atoms with Crippen molar-refractivity contribution in [2.24, 2.45) is 0 Å². The Labute approximate surface area is 150 Å². The van der Waals surface area contributed by atoms with Crippen molar-refractivity contribution in [3.05, 3.63) is 64.1 Å². The van der Waals surface area contributed by atoms with Crippen molar-refractivity contribution >= 4 is 21.7 Å². The van der Waals surface area contributed by atoms with Gasteiger partial charge in [0.1, 0.15) is 5.82 Å². The maximum atomic E-state index is 12.8. The van der Waals surface area contributed by atoms with Crippen LogP contribution in [0.4, 0.5) is 19.0 Å². The molecule has 128 valence electrons. The number of aromatic nitrogens is 2. The number of fused-ring (bicyclic) bond motifs is 1. The average Bonchev–Trinajstić information content (AvgIpc) is 3.17. The van der Waals surface area contributed by atoms with Crippen molar-refractivity contribution in [2.45, 2.75) is 12.6 Å². The monoisotopic (exact) mass is 407 g/mol. The molecule has 0 amide bonds. The summed E-state index contributed by atoms with van der Waals surface area (Å²) in [4.78, 5) is 0. The highest BCUT2D eigenvalue weighted by Crippen LogP contribution is 2.38. The van der Waals surface area contributed by atoms with E-state index in [0.29, 0.717) is 5.69 Å². The lowest BCUT2D eigenvalue weighted by Crippen LogP contribution is -2.07. The van der Waals surface area contributed by atoms with Crippen LogP contribution in [-0.2, 0) is 12.6 Å². The van der Waals surface area contributed by atoms with Crippen LogP contribution in [0.25, 0.3) is 16.9 Å². The molecule has 0 bridgehead atoms. The molecule has 1 aromatic heterocycles. The Bertz CT molecular complexity index is 930. The normalized spacial score (nSPS) is 13.6. The predicted octanol–water partition coefficient (Wildman–Crippen LogP) is 5.29. The summed E-state index contributed by atoms with van der Waals surface area (Å²) in [5.74, 6) is 0.838. The third kappa shape index (κ3) is 2.82. The van der Waals surface area contributed by atoms with Gasteiger partial charge in [-0.2, -0.15) is 18.3 Å². The Balaban J connectivity index is 1.82. The summed E-state index contributed by atoms with van der Waals surface area (Å²) >= 11 is 3.54. The molecule has 0 fully saturated rings. The molecule has 0 atom stereocenters. The zero-order valence-electron chi connectivity index (χ0n) is 12.9. The van der Waals surface area contributed by atoms with Gasteiger partial charge in [0.25, 0.3) is 0 Å². The van der Waals surface area contributed by atoms with Gasteiger partial charge in [0.15, 0.2) is 0 Å². The van der Waals surface area contributed by atoms with E-state index in [2.05, 4.69) is 26.3 Å². The fourth-order valence-electron chi connectivity index (χ4n) is 3.02. The van der Waals surface area contributed by atoms with Crippen molar-refractivity contribution in [1.82, 2.24) is 9.78 Å². The summed E-state index contributed by atoms with van der Waals surface area (Å²) in [5, 5.41) is 7.95. The molecule has 7 heteroatoms. The number of anilines is 1. The van der Waals surface area contributed by atoms with Gasteiger partial charge < -0.3 is 5.32 Å². The number of nitrogens with zero attached hydrogens (tertiary/aromatic N) is 2. The first kappa shape index (κ1) is 16.2. The summed E-state index contributed by atoms with van der Waals surface area (Å²) in [7, 11) is 0. The molecule has 0 saturated heterocycles. The van der Waals surface area contributed by atoms with Gasteiger partial charge in [-0.1, -0.05) is 34.1 Å². The maximum Gasteiger partial charge on any atom is 0.416 e. The first-order valence-electron chi connectivity index (χ1n) is 7.73. The lowest BCUT2D eigenvalue weighted by molar-refractivity contribution is -0.137. The van der Waals surface area contributed by atoms with E-state index in [1.54, 1.807) is 4.68 Å². The van der Waals surface area contributed by atoms with Gasteiger partial charge in [-0.25, -0.2) is 4.68 Å². The van der Waals surface area contributed by atoms with E-state index in [0.717, 1.165) is 52.2 Å². The van der Waals surface area contributed by atoms with Crippen LogP contribution < -0.4 is 5.32 Å². The van der Waals surface area contributed by atoms with Crippen LogP contribution in [0.3, 0.4) is 0 Å². The van der Waals surface area contributed by atoms with Crippen molar-refractivity contribution < 1.29 is 13.2 Å². The van der Waals surface area contributed by atoms with E-state index in [1.807, 2.05) is 24.3 Å². The van der Waals surface area contributed by atoms with Crippen LogP contribution in [0, 0.1) is 0 Å². The molecule has 1 aliphatic rings. The first-order valence-corrected chi connectivity index (χ1v) is 8.53. The van der Waals surface area contributed by atoms with E-state index in [1.165, 1.54) is 12.1 Å². The van der Waals surface area contributed by atoms with E-state index < -0.39 is 11.7 Å². The Morgan fingerprint density at radius 1 is 1.04 bits per heavy atom. The van der Waals surface area contributed by atoms with Gasteiger partial charge in [0.2, 0.25) is 0 Å². The van der Waals surface area contributed by atoms with E-state index in [-0.39, 0.29) is 0 Å². The molecule has 3 aromatic rings. The molecule has 0 radical (unpaired) electrons. The van der Waals surface area contributed by atoms with Gasteiger partial charge in [-0.15, -0.1) is 0 Å². The smallest absolute Gasteiger partial charge is 0.369 e. The second-order valence-corrected chi connectivity index (χ2v) is 6.64. The molecule has 1 aliphatic heterocycles. The Morgan fingerprint density at radius 2 is 1.76 bits per heavy atom. The van der Waals surface area contributed by atoms with Crippen LogP contribution in [0.5, 0.6) is 0 Å². The van der Waals surface area contributed by atoms with Crippen molar-refractivity contribution in [3.63, 3.8) is 0 Å². The zero-order valence-corrected chi connectivity index (χ0v) is 14.5. The van der Waals surface area contributed by atoms with Crippen LogP contribution in [0.1, 0.15) is 11.1 Å². The Kier molecular flexibility index (Phi) is 3.83. The van der Waals surface area contributed by atoms with Gasteiger partial charge >= 0.3 is 6.18 Å². The van der Waals surface area contributed by atoms with Crippen molar-refractivity contribution in [2.75, 3.05) is 11.9 Å². The van der Waals surface area contributed by atoms with Gasteiger partial charge in [0, 0.05) is 22.1 Å². The Morgan fingerprint density at radius 3 is 2.44 bits per heavy atom. The fraction of sp³-hybridized carbons (Fsp3) is 0.167. The SMILES string of the molecule is FC(F)(F)c1ccc(-n2nc(-c3ccccc3Br)c3c2NCC3)cc1. The number of alkyl halides is 3. The molecule has 0 unspecified atom stereocenters. The van der Waals surface area contributed by atoms with E-state index >= 15 is 0 Å². The second-order valence-electron chi connectivity index (χ2n) is 5.79. The summed E-state index contributed by atoms with van der Waals surface area (Å²) in [6.45, 7) is 0.783. The van der Waals surface area contributed by atoms with Crippen molar-refractivity contribution in [1.29, 1.82) is 0 Å². The number of nitrogens with one attached hydrogen (secondary N) is 1. The highest BCUT2D eigenvalue weighted by atomic mass is 79.9. The summed E-state index contributed by atoms with van der Waals surface area (Å²) < 4.78 is 40.9. The second kappa shape index (κ2) is 5.91. The Hall–Kier alpha value is -2.28. The number of benzene rings is 2. The summed E-state index contributed by atoms with van der Waals surface area (Å²) in [6.07, 6.45) is -3.52. The third-order valence-corrected chi connectivity index (χ3v) is 4.91. The molecule has 3 nitrogen and oxygen atoms in total. The average molecular weight is 408 g/mol. The molecule has 0 aliphatic carbocycles. The molecule has 2 aromatic carbocycles. The number of halogens is 4. The standard InChI is InChI=1S/C18H13BrF3N3/c19-15-4-2-1-3-13(15)16-14-9-10-23-17(14)25(24-16)12-7-5-11(6-8-12)18(20,21)22/h1-8,23H,9-10H2. The third-order valence-electron chi connectivity index (χ3n) is 4.22. The zero-order chi connectivity index (χ0) is 17.6.